The van der Waals surface area contributed by atoms with E-state index < -0.39 is 0 Å². The molecule has 0 saturated carbocycles. The van der Waals surface area contributed by atoms with E-state index in [0.717, 1.165) is 6.54 Å². The van der Waals surface area contributed by atoms with E-state index in [9.17, 15) is 0 Å². The van der Waals surface area contributed by atoms with Crippen molar-refractivity contribution in [1.82, 2.24) is 4.57 Å². The summed E-state index contributed by atoms with van der Waals surface area (Å²) in [7, 11) is 6.25. The first-order valence-corrected chi connectivity index (χ1v) is 6.62. The van der Waals surface area contributed by atoms with Gasteiger partial charge in [-0.05, 0) is 37.6 Å². The number of aromatic nitrogens is 1. The van der Waals surface area contributed by atoms with Crippen LogP contribution >= 0.6 is 0 Å². The molecule has 2 aromatic rings. The summed E-state index contributed by atoms with van der Waals surface area (Å²) in [5.41, 5.74) is 6.37. The fourth-order valence-electron chi connectivity index (χ4n) is 2.32. The Labute approximate surface area is 115 Å². The van der Waals surface area contributed by atoms with Gasteiger partial charge in [-0.25, -0.2) is 0 Å². The number of aryl methyl sites for hydroxylation is 1. The molecule has 0 spiro atoms. The zero-order valence-electron chi connectivity index (χ0n) is 12.5. The number of hydrogen-bond acceptors (Lipinski definition) is 2. The van der Waals surface area contributed by atoms with Crippen LogP contribution in [0.15, 0.2) is 30.3 Å². The van der Waals surface area contributed by atoms with Gasteiger partial charge in [-0.15, -0.1) is 0 Å². The lowest BCUT2D eigenvalue weighted by Gasteiger charge is -2.18. The maximum Gasteiger partial charge on any atom is 0.0596 e. The molecule has 1 heterocycles. The normalized spacial score (nSPS) is 10.6. The molecule has 2 rings (SSSR count). The Hall–Kier alpha value is -1.90. The van der Waals surface area contributed by atoms with Crippen molar-refractivity contribution in [1.29, 1.82) is 0 Å². The van der Waals surface area contributed by atoms with E-state index in [1.807, 2.05) is 0 Å². The number of hydrogen-bond donors (Lipinski definition) is 1. The summed E-state index contributed by atoms with van der Waals surface area (Å²) in [4.78, 5) is 2.13. The van der Waals surface area contributed by atoms with Gasteiger partial charge in [0.15, 0.2) is 0 Å². The minimum atomic E-state index is 0.859. The van der Waals surface area contributed by atoms with E-state index >= 15 is 0 Å². The van der Waals surface area contributed by atoms with Crippen molar-refractivity contribution in [3.63, 3.8) is 0 Å². The Kier molecular flexibility index (Phi) is 3.84. The fourth-order valence-corrected chi connectivity index (χ4v) is 2.32. The van der Waals surface area contributed by atoms with Gasteiger partial charge in [-0.2, -0.15) is 0 Å². The van der Waals surface area contributed by atoms with Gasteiger partial charge in [0.25, 0.3) is 0 Å². The second-order valence-electron chi connectivity index (χ2n) is 5.22. The lowest BCUT2D eigenvalue weighted by atomic mass is 10.2. The molecule has 0 atom stereocenters. The molecule has 0 fully saturated rings. The number of benzene rings is 1. The number of anilines is 2. The van der Waals surface area contributed by atoms with E-state index in [-0.39, 0.29) is 0 Å². The monoisotopic (exact) mass is 257 g/mol. The summed E-state index contributed by atoms with van der Waals surface area (Å²) >= 11 is 0. The third-order valence-electron chi connectivity index (χ3n) is 3.74. The number of nitrogens with zero attached hydrogens (tertiary/aromatic N) is 2. The molecule has 0 radical (unpaired) electrons. The molecule has 3 heteroatoms. The molecule has 0 unspecified atom stereocenters. The van der Waals surface area contributed by atoms with Gasteiger partial charge in [0.05, 0.1) is 11.4 Å². The van der Waals surface area contributed by atoms with Crippen LogP contribution in [0.5, 0.6) is 0 Å². The SMILES string of the molecule is Cc1cc(CNc2ccccc2N(C)C)c(C)n1C. The Morgan fingerprint density at radius 3 is 2.42 bits per heavy atom. The highest BCUT2D eigenvalue weighted by Crippen LogP contribution is 2.24. The fraction of sp³-hybridized carbons (Fsp3) is 0.375. The third kappa shape index (κ3) is 2.75. The summed E-state index contributed by atoms with van der Waals surface area (Å²) in [6.07, 6.45) is 0. The molecule has 0 bridgehead atoms. The second kappa shape index (κ2) is 5.39. The predicted octanol–water partition coefficient (Wildman–Crippen LogP) is 3.32. The standard InChI is InChI=1S/C16H23N3/c1-12-10-14(13(2)19(12)5)11-17-15-8-6-7-9-16(15)18(3)4/h6-10,17H,11H2,1-5H3. The first-order chi connectivity index (χ1) is 9.00. The Morgan fingerprint density at radius 1 is 1.16 bits per heavy atom. The van der Waals surface area contributed by atoms with Crippen molar-refractivity contribution in [2.45, 2.75) is 20.4 Å². The molecular formula is C16H23N3. The van der Waals surface area contributed by atoms with Crippen LogP contribution < -0.4 is 10.2 Å². The number of rotatable bonds is 4. The van der Waals surface area contributed by atoms with Gasteiger partial charge in [0.1, 0.15) is 0 Å². The van der Waals surface area contributed by atoms with Gasteiger partial charge >= 0.3 is 0 Å². The van der Waals surface area contributed by atoms with E-state index in [4.69, 9.17) is 0 Å². The first kappa shape index (κ1) is 13.5. The van der Waals surface area contributed by atoms with Crippen molar-refractivity contribution in [3.8, 4) is 0 Å². The minimum absolute atomic E-state index is 0.859. The molecule has 1 aromatic carbocycles. The van der Waals surface area contributed by atoms with E-state index in [1.165, 1.54) is 28.3 Å². The van der Waals surface area contributed by atoms with Crippen LogP contribution in [0.4, 0.5) is 11.4 Å². The van der Waals surface area contributed by atoms with E-state index in [0.29, 0.717) is 0 Å². The van der Waals surface area contributed by atoms with Crippen LogP contribution in [0.25, 0.3) is 0 Å². The molecule has 0 aliphatic rings. The van der Waals surface area contributed by atoms with E-state index in [1.54, 1.807) is 0 Å². The second-order valence-corrected chi connectivity index (χ2v) is 5.22. The van der Waals surface area contributed by atoms with Gasteiger partial charge < -0.3 is 14.8 Å². The third-order valence-corrected chi connectivity index (χ3v) is 3.74. The van der Waals surface area contributed by atoms with Gasteiger partial charge in [-0.1, -0.05) is 12.1 Å². The van der Waals surface area contributed by atoms with Crippen LogP contribution in [0.1, 0.15) is 17.0 Å². The molecule has 0 saturated heterocycles. The summed E-state index contributed by atoms with van der Waals surface area (Å²) in [6, 6.07) is 10.6. The molecule has 0 aliphatic carbocycles. The smallest absolute Gasteiger partial charge is 0.0596 e. The van der Waals surface area contributed by atoms with Gasteiger partial charge in [0, 0.05) is 39.1 Å². The van der Waals surface area contributed by atoms with Crippen LogP contribution in [-0.2, 0) is 13.6 Å². The summed E-state index contributed by atoms with van der Waals surface area (Å²) in [6.45, 7) is 5.17. The molecule has 0 aliphatic heterocycles. The largest absolute Gasteiger partial charge is 0.379 e. The molecule has 3 nitrogen and oxygen atoms in total. The van der Waals surface area contributed by atoms with E-state index in [2.05, 4.69) is 80.1 Å². The molecule has 1 N–H and O–H groups in total. The van der Waals surface area contributed by atoms with Gasteiger partial charge in [-0.3, -0.25) is 0 Å². The highest BCUT2D eigenvalue weighted by atomic mass is 15.1. The number of para-hydroxylation sites is 2. The zero-order valence-corrected chi connectivity index (χ0v) is 12.5. The average molecular weight is 257 g/mol. The van der Waals surface area contributed by atoms with Crippen LogP contribution in [0.3, 0.4) is 0 Å². The van der Waals surface area contributed by atoms with Crippen LogP contribution in [-0.4, -0.2) is 18.7 Å². The predicted molar refractivity (Wildman–Crippen MR) is 83.0 cm³/mol. The maximum atomic E-state index is 3.54. The summed E-state index contributed by atoms with van der Waals surface area (Å²) < 4.78 is 2.23. The quantitative estimate of drug-likeness (QED) is 0.906. The summed E-state index contributed by atoms with van der Waals surface area (Å²) in [5, 5.41) is 3.54. The Morgan fingerprint density at radius 2 is 1.84 bits per heavy atom. The molecule has 1 aromatic heterocycles. The van der Waals surface area contributed by atoms with Crippen molar-refractivity contribution in [2.24, 2.45) is 7.05 Å². The van der Waals surface area contributed by atoms with Gasteiger partial charge in [0.2, 0.25) is 0 Å². The van der Waals surface area contributed by atoms with Crippen LogP contribution in [0, 0.1) is 13.8 Å². The Bertz CT molecular complexity index is 567. The highest BCUT2D eigenvalue weighted by Gasteiger charge is 2.07. The average Bonchev–Trinajstić information content (AvgIpc) is 2.64. The zero-order chi connectivity index (χ0) is 14.0. The van der Waals surface area contributed by atoms with Crippen molar-refractivity contribution < 1.29 is 0 Å². The maximum absolute atomic E-state index is 3.54. The molecule has 102 valence electrons. The number of nitrogens with one attached hydrogen (secondary N) is 1. The minimum Gasteiger partial charge on any atom is -0.379 e. The molecule has 19 heavy (non-hydrogen) atoms. The highest BCUT2D eigenvalue weighted by molar-refractivity contribution is 5.69. The summed E-state index contributed by atoms with van der Waals surface area (Å²) in [5.74, 6) is 0. The van der Waals surface area contributed by atoms with Crippen LogP contribution in [0.2, 0.25) is 0 Å². The van der Waals surface area contributed by atoms with Crippen molar-refractivity contribution in [2.75, 3.05) is 24.3 Å². The Balaban J connectivity index is 2.17. The van der Waals surface area contributed by atoms with Crippen molar-refractivity contribution >= 4 is 11.4 Å². The lowest BCUT2D eigenvalue weighted by molar-refractivity contribution is 0.837. The first-order valence-electron chi connectivity index (χ1n) is 6.62. The molecule has 0 amide bonds. The lowest BCUT2D eigenvalue weighted by Crippen LogP contribution is -2.12. The topological polar surface area (TPSA) is 20.2 Å². The van der Waals surface area contributed by atoms with Crippen molar-refractivity contribution in [3.05, 3.63) is 47.3 Å². The molecular weight excluding hydrogens is 234 g/mol.